The van der Waals surface area contributed by atoms with Crippen LogP contribution in [0.15, 0.2) is 12.7 Å². The molecule has 0 aromatic heterocycles. The van der Waals surface area contributed by atoms with Crippen LogP contribution in [-0.4, -0.2) is 5.78 Å². The molecule has 0 aromatic rings. The first kappa shape index (κ1) is 11.9. The lowest BCUT2D eigenvalue weighted by Gasteiger charge is -2.04. The second-order valence-electron chi connectivity index (χ2n) is 5.49. The lowest BCUT2D eigenvalue weighted by atomic mass is 10.0. The van der Waals surface area contributed by atoms with Gasteiger partial charge in [-0.15, -0.1) is 6.58 Å². The van der Waals surface area contributed by atoms with Crippen LogP contribution in [0.3, 0.4) is 0 Å². The van der Waals surface area contributed by atoms with E-state index in [2.05, 4.69) is 6.58 Å². The number of rotatable bonds is 7. The molecule has 0 N–H and O–H groups in total. The first-order chi connectivity index (χ1) is 7.84. The molecule has 0 aliphatic heterocycles. The fourth-order valence-electron chi connectivity index (χ4n) is 3.40. The third kappa shape index (κ3) is 2.75. The zero-order valence-electron chi connectivity index (χ0n) is 10.3. The van der Waals surface area contributed by atoms with Gasteiger partial charge in [-0.25, -0.2) is 0 Å². The molecule has 2 fully saturated rings. The maximum atomic E-state index is 12.0. The number of hydrogen-bond acceptors (Lipinski definition) is 1. The van der Waals surface area contributed by atoms with Crippen molar-refractivity contribution in [3.63, 3.8) is 0 Å². The summed E-state index contributed by atoms with van der Waals surface area (Å²) in [5.74, 6) is 2.67. The Bertz CT molecular complexity index is 244. The van der Waals surface area contributed by atoms with Crippen molar-refractivity contribution in [3.05, 3.63) is 12.7 Å². The summed E-state index contributed by atoms with van der Waals surface area (Å²) in [6.07, 6.45) is 12.8. The fraction of sp³-hybridized carbons (Fsp3) is 0.800. The van der Waals surface area contributed by atoms with E-state index in [1.54, 1.807) is 0 Å². The second-order valence-corrected chi connectivity index (χ2v) is 5.49. The number of ketones is 1. The first-order valence-corrected chi connectivity index (χ1v) is 6.98. The topological polar surface area (TPSA) is 17.1 Å². The molecule has 0 aromatic carbocycles. The van der Waals surface area contributed by atoms with E-state index in [0.717, 1.165) is 31.1 Å². The van der Waals surface area contributed by atoms with Gasteiger partial charge in [-0.3, -0.25) is 4.79 Å². The van der Waals surface area contributed by atoms with Crippen molar-refractivity contribution in [2.75, 3.05) is 0 Å². The van der Waals surface area contributed by atoms with Crippen LogP contribution in [-0.2, 0) is 4.79 Å². The summed E-state index contributed by atoms with van der Waals surface area (Å²) in [6.45, 7) is 3.71. The minimum Gasteiger partial charge on any atom is -0.299 e. The van der Waals surface area contributed by atoms with Gasteiger partial charge in [0.2, 0.25) is 0 Å². The van der Waals surface area contributed by atoms with Crippen molar-refractivity contribution in [2.24, 2.45) is 17.8 Å². The highest BCUT2D eigenvalue weighted by Crippen LogP contribution is 2.56. The molecular formula is C15H24O. The summed E-state index contributed by atoms with van der Waals surface area (Å²) in [5.41, 5.74) is 0. The zero-order valence-corrected chi connectivity index (χ0v) is 10.3. The molecule has 0 spiro atoms. The summed E-state index contributed by atoms with van der Waals surface area (Å²) in [6, 6.07) is 0. The Kier molecular flexibility index (Phi) is 4.20. The lowest BCUT2D eigenvalue weighted by Crippen LogP contribution is -2.02. The van der Waals surface area contributed by atoms with Crippen LogP contribution >= 0.6 is 0 Å². The quantitative estimate of drug-likeness (QED) is 0.466. The van der Waals surface area contributed by atoms with E-state index in [-0.39, 0.29) is 0 Å². The largest absolute Gasteiger partial charge is 0.299 e. The Hall–Kier alpha value is -0.590. The number of hydrogen-bond donors (Lipinski definition) is 0. The minimum atomic E-state index is 0.488. The number of allylic oxidation sites excluding steroid dienone is 1. The summed E-state index contributed by atoms with van der Waals surface area (Å²) in [7, 11) is 0. The predicted molar refractivity (Wildman–Crippen MR) is 67.2 cm³/mol. The highest BCUT2D eigenvalue weighted by atomic mass is 16.1. The Morgan fingerprint density at radius 2 is 1.81 bits per heavy atom. The van der Waals surface area contributed by atoms with Crippen molar-refractivity contribution >= 4 is 5.78 Å². The van der Waals surface area contributed by atoms with E-state index in [1.807, 2.05) is 6.08 Å². The van der Waals surface area contributed by atoms with Gasteiger partial charge in [0.25, 0.3) is 0 Å². The number of fused-ring (bicyclic) bond motifs is 1. The van der Waals surface area contributed by atoms with Gasteiger partial charge in [0, 0.05) is 12.3 Å². The minimum absolute atomic E-state index is 0.488. The second kappa shape index (κ2) is 5.65. The standard InChI is InChI=1S/C15H24O/c1-2-3-4-5-6-11-14(16)15-12-9-7-8-10-13(12)15/h2,12-13,15H,1,3-11H2. The Labute approximate surface area is 99.3 Å². The van der Waals surface area contributed by atoms with Gasteiger partial charge in [0.05, 0.1) is 0 Å². The highest BCUT2D eigenvalue weighted by Gasteiger charge is 2.53. The molecule has 2 saturated carbocycles. The smallest absolute Gasteiger partial charge is 0.136 e. The zero-order chi connectivity index (χ0) is 11.4. The number of Topliss-reactive ketones (excluding diaryl/α,β-unsaturated/α-hetero) is 1. The SMILES string of the molecule is C=CCCCCCC(=O)C1C2CCCCC21. The van der Waals surface area contributed by atoms with E-state index in [0.29, 0.717) is 11.7 Å². The van der Waals surface area contributed by atoms with Gasteiger partial charge >= 0.3 is 0 Å². The first-order valence-electron chi connectivity index (χ1n) is 6.98. The van der Waals surface area contributed by atoms with E-state index in [4.69, 9.17) is 0 Å². The summed E-state index contributed by atoms with van der Waals surface area (Å²) in [4.78, 5) is 12.0. The van der Waals surface area contributed by atoms with Crippen LogP contribution < -0.4 is 0 Å². The van der Waals surface area contributed by atoms with Crippen LogP contribution in [0.5, 0.6) is 0 Å². The summed E-state index contributed by atoms with van der Waals surface area (Å²) >= 11 is 0. The van der Waals surface area contributed by atoms with Gasteiger partial charge in [0.15, 0.2) is 0 Å². The molecule has 2 aliphatic carbocycles. The van der Waals surface area contributed by atoms with Gasteiger partial charge in [-0.2, -0.15) is 0 Å². The molecular weight excluding hydrogens is 196 g/mol. The van der Waals surface area contributed by atoms with Crippen LogP contribution in [0, 0.1) is 17.8 Å². The third-order valence-electron chi connectivity index (χ3n) is 4.36. The predicted octanol–water partition coefficient (Wildman–Crippen LogP) is 4.13. The lowest BCUT2D eigenvalue weighted by molar-refractivity contribution is -0.120. The highest BCUT2D eigenvalue weighted by molar-refractivity contribution is 5.84. The van der Waals surface area contributed by atoms with E-state index >= 15 is 0 Å². The Morgan fingerprint density at radius 3 is 2.44 bits per heavy atom. The van der Waals surface area contributed by atoms with Crippen molar-refractivity contribution in [3.8, 4) is 0 Å². The van der Waals surface area contributed by atoms with Crippen LogP contribution in [0.1, 0.15) is 57.8 Å². The van der Waals surface area contributed by atoms with Crippen molar-refractivity contribution in [1.82, 2.24) is 0 Å². The molecule has 0 saturated heterocycles. The Balaban J connectivity index is 1.60. The molecule has 0 radical (unpaired) electrons. The van der Waals surface area contributed by atoms with Crippen molar-refractivity contribution in [2.45, 2.75) is 57.8 Å². The van der Waals surface area contributed by atoms with Gasteiger partial charge in [-0.05, 0) is 43.9 Å². The molecule has 90 valence electrons. The summed E-state index contributed by atoms with van der Waals surface area (Å²) < 4.78 is 0. The maximum Gasteiger partial charge on any atom is 0.136 e. The molecule has 0 bridgehead atoms. The van der Waals surface area contributed by atoms with Crippen LogP contribution in [0.2, 0.25) is 0 Å². The molecule has 16 heavy (non-hydrogen) atoms. The van der Waals surface area contributed by atoms with E-state index in [1.165, 1.54) is 38.5 Å². The Morgan fingerprint density at radius 1 is 1.12 bits per heavy atom. The van der Waals surface area contributed by atoms with Gasteiger partial charge in [0.1, 0.15) is 5.78 Å². The van der Waals surface area contributed by atoms with E-state index < -0.39 is 0 Å². The molecule has 2 aliphatic rings. The molecule has 2 rings (SSSR count). The molecule has 0 heterocycles. The van der Waals surface area contributed by atoms with Crippen LogP contribution in [0.4, 0.5) is 0 Å². The van der Waals surface area contributed by atoms with Gasteiger partial charge in [-0.1, -0.05) is 25.3 Å². The molecule has 1 heteroatoms. The maximum absolute atomic E-state index is 12.0. The molecule has 0 amide bonds. The average molecular weight is 220 g/mol. The summed E-state index contributed by atoms with van der Waals surface area (Å²) in [5, 5.41) is 0. The van der Waals surface area contributed by atoms with Crippen molar-refractivity contribution < 1.29 is 4.79 Å². The average Bonchev–Trinajstić information content (AvgIpc) is 3.02. The monoisotopic (exact) mass is 220 g/mol. The van der Waals surface area contributed by atoms with Crippen LogP contribution in [0.25, 0.3) is 0 Å². The number of unbranched alkanes of at least 4 members (excludes halogenated alkanes) is 3. The van der Waals surface area contributed by atoms with Gasteiger partial charge < -0.3 is 0 Å². The van der Waals surface area contributed by atoms with E-state index in [9.17, 15) is 4.79 Å². The molecule has 2 unspecified atom stereocenters. The third-order valence-corrected chi connectivity index (χ3v) is 4.36. The molecule has 2 atom stereocenters. The van der Waals surface area contributed by atoms with Crippen molar-refractivity contribution in [1.29, 1.82) is 0 Å². The molecule has 1 nitrogen and oxygen atoms in total. The number of carbonyl (C=O) groups excluding carboxylic acids is 1. The number of carbonyl (C=O) groups is 1. The normalized spacial score (nSPS) is 31.9. The fourth-order valence-corrected chi connectivity index (χ4v) is 3.40.